The Kier molecular flexibility index (Phi) is 3.61. The van der Waals surface area contributed by atoms with Crippen LogP contribution in [0.2, 0.25) is 0 Å². The molecule has 1 fully saturated rings. The summed E-state index contributed by atoms with van der Waals surface area (Å²) in [5.74, 6) is 0.0615. The average molecular weight is 233 g/mol. The number of pyridine rings is 1. The largest absolute Gasteiger partial charge is 0.388 e. The molecule has 0 unspecified atom stereocenters. The number of amides is 1. The number of carbonyl (C=O) groups is 1. The van der Waals surface area contributed by atoms with Gasteiger partial charge in [-0.3, -0.25) is 9.78 Å². The highest BCUT2D eigenvalue weighted by molar-refractivity contribution is 5.93. The van der Waals surface area contributed by atoms with E-state index in [4.69, 9.17) is 0 Å². The van der Waals surface area contributed by atoms with E-state index in [1.54, 1.807) is 6.20 Å². The van der Waals surface area contributed by atoms with Crippen LogP contribution in [0.5, 0.6) is 0 Å². The summed E-state index contributed by atoms with van der Waals surface area (Å²) in [4.78, 5) is 18.4. The van der Waals surface area contributed by atoms with Gasteiger partial charge in [0, 0.05) is 31.5 Å². The maximum Gasteiger partial charge on any atom is 0.272 e. The zero-order chi connectivity index (χ0) is 12.3. The molecule has 0 bridgehead atoms. The quantitative estimate of drug-likeness (QED) is 0.847. The van der Waals surface area contributed by atoms with Gasteiger partial charge in [0.05, 0.1) is 0 Å². The van der Waals surface area contributed by atoms with Crippen LogP contribution in [-0.4, -0.2) is 35.4 Å². The third kappa shape index (κ3) is 2.75. The van der Waals surface area contributed by atoms with Crippen LogP contribution in [0.15, 0.2) is 18.3 Å². The van der Waals surface area contributed by atoms with E-state index in [1.165, 1.54) is 0 Å². The van der Waals surface area contributed by atoms with E-state index in [0.29, 0.717) is 11.7 Å². The van der Waals surface area contributed by atoms with Crippen molar-refractivity contribution < 1.29 is 4.79 Å². The van der Waals surface area contributed by atoms with Crippen molar-refractivity contribution in [2.45, 2.75) is 32.2 Å². The number of nitrogens with zero attached hydrogens (tertiary/aromatic N) is 2. The van der Waals surface area contributed by atoms with Crippen molar-refractivity contribution in [3.05, 3.63) is 24.0 Å². The minimum atomic E-state index is 0.0615. The van der Waals surface area contributed by atoms with Crippen LogP contribution in [0.4, 0.5) is 5.69 Å². The van der Waals surface area contributed by atoms with Crippen molar-refractivity contribution in [2.75, 3.05) is 18.9 Å². The lowest BCUT2D eigenvalue weighted by atomic mass is 10.2. The van der Waals surface area contributed by atoms with Crippen LogP contribution in [0.25, 0.3) is 0 Å². The Morgan fingerprint density at radius 3 is 2.94 bits per heavy atom. The fourth-order valence-corrected chi connectivity index (χ4v) is 1.93. The summed E-state index contributed by atoms with van der Waals surface area (Å²) < 4.78 is 0. The molecule has 0 spiro atoms. The lowest BCUT2D eigenvalue weighted by Gasteiger charge is -2.21. The van der Waals surface area contributed by atoms with Gasteiger partial charge in [-0.05, 0) is 31.4 Å². The molecule has 1 aliphatic rings. The molecule has 1 aromatic rings. The third-order valence-corrected chi connectivity index (χ3v) is 2.98. The molecule has 1 amide bonds. The monoisotopic (exact) mass is 233 g/mol. The maximum atomic E-state index is 12.3. The van der Waals surface area contributed by atoms with Crippen LogP contribution in [0, 0.1) is 0 Å². The molecule has 0 saturated heterocycles. The lowest BCUT2D eigenvalue weighted by molar-refractivity contribution is 0.0737. The minimum absolute atomic E-state index is 0.0615. The number of carbonyl (C=O) groups excluding carboxylic acids is 1. The zero-order valence-electron chi connectivity index (χ0n) is 10.4. The Bertz CT molecular complexity index is 401. The smallest absolute Gasteiger partial charge is 0.272 e. The Labute approximate surface area is 102 Å². The van der Waals surface area contributed by atoms with Gasteiger partial charge in [0.2, 0.25) is 0 Å². The lowest BCUT2D eigenvalue weighted by Crippen LogP contribution is -2.34. The molecule has 0 aliphatic heterocycles. The number of rotatable bonds is 5. The van der Waals surface area contributed by atoms with Gasteiger partial charge in [-0.25, -0.2) is 0 Å². The molecule has 92 valence electrons. The molecular formula is C13H19N3O. The highest BCUT2D eigenvalue weighted by Gasteiger charge is 2.32. The van der Waals surface area contributed by atoms with Gasteiger partial charge in [0.1, 0.15) is 5.69 Å². The normalized spacial score (nSPS) is 14.5. The van der Waals surface area contributed by atoms with Crippen molar-refractivity contribution in [3.8, 4) is 0 Å². The van der Waals surface area contributed by atoms with Crippen LogP contribution in [0.3, 0.4) is 0 Å². The van der Waals surface area contributed by atoms with Gasteiger partial charge in [0.15, 0.2) is 0 Å². The predicted octanol–water partition coefficient (Wildman–Crippen LogP) is 2.14. The SMILES string of the molecule is CCCN(C(=O)c1cc(NC)ccn1)C1CC1. The highest BCUT2D eigenvalue weighted by atomic mass is 16.2. The second-order valence-corrected chi connectivity index (χ2v) is 4.41. The molecule has 1 N–H and O–H groups in total. The summed E-state index contributed by atoms with van der Waals surface area (Å²) in [5, 5.41) is 3.03. The van der Waals surface area contributed by atoms with Crippen molar-refractivity contribution in [1.29, 1.82) is 0 Å². The Morgan fingerprint density at radius 2 is 2.35 bits per heavy atom. The molecule has 4 nitrogen and oxygen atoms in total. The summed E-state index contributed by atoms with van der Waals surface area (Å²) in [6.45, 7) is 2.93. The molecule has 1 aromatic heterocycles. The molecule has 1 aliphatic carbocycles. The van der Waals surface area contributed by atoms with Gasteiger partial charge >= 0.3 is 0 Å². The Balaban J connectivity index is 2.15. The zero-order valence-corrected chi connectivity index (χ0v) is 10.4. The maximum absolute atomic E-state index is 12.3. The van der Waals surface area contributed by atoms with Crippen LogP contribution in [0.1, 0.15) is 36.7 Å². The van der Waals surface area contributed by atoms with Gasteiger partial charge in [0.25, 0.3) is 5.91 Å². The summed E-state index contributed by atoms with van der Waals surface area (Å²) in [6.07, 6.45) is 4.94. The van der Waals surface area contributed by atoms with E-state index in [9.17, 15) is 4.79 Å². The van der Waals surface area contributed by atoms with E-state index >= 15 is 0 Å². The van der Waals surface area contributed by atoms with Gasteiger partial charge in [-0.15, -0.1) is 0 Å². The van der Waals surface area contributed by atoms with Crippen LogP contribution >= 0.6 is 0 Å². The van der Waals surface area contributed by atoms with Crippen LogP contribution in [-0.2, 0) is 0 Å². The summed E-state index contributed by atoms with van der Waals surface area (Å²) in [6, 6.07) is 4.12. The summed E-state index contributed by atoms with van der Waals surface area (Å²) in [7, 11) is 1.84. The standard InChI is InChI=1S/C13H19N3O/c1-3-8-16(11-4-5-11)13(17)12-9-10(14-2)6-7-15-12/h6-7,9,11H,3-5,8H2,1-2H3,(H,14,15). The Hall–Kier alpha value is -1.58. The van der Waals surface area contributed by atoms with Crippen LogP contribution < -0.4 is 5.32 Å². The van der Waals surface area contributed by atoms with Crippen molar-refractivity contribution in [3.63, 3.8) is 0 Å². The molecule has 0 aromatic carbocycles. The van der Waals surface area contributed by atoms with Crippen molar-refractivity contribution >= 4 is 11.6 Å². The predicted molar refractivity (Wildman–Crippen MR) is 68.1 cm³/mol. The summed E-state index contributed by atoms with van der Waals surface area (Å²) >= 11 is 0. The van der Waals surface area contributed by atoms with E-state index in [0.717, 1.165) is 31.5 Å². The van der Waals surface area contributed by atoms with Gasteiger partial charge in [-0.1, -0.05) is 6.92 Å². The first-order valence-electron chi connectivity index (χ1n) is 6.21. The molecule has 4 heteroatoms. The first-order chi connectivity index (χ1) is 8.26. The molecule has 0 atom stereocenters. The number of hydrogen-bond donors (Lipinski definition) is 1. The van der Waals surface area contributed by atoms with E-state index in [-0.39, 0.29) is 5.91 Å². The number of hydrogen-bond acceptors (Lipinski definition) is 3. The van der Waals surface area contributed by atoms with Gasteiger partial charge in [-0.2, -0.15) is 0 Å². The molecule has 1 heterocycles. The molecule has 1 saturated carbocycles. The fraction of sp³-hybridized carbons (Fsp3) is 0.538. The molecule has 0 radical (unpaired) electrons. The first kappa shape index (κ1) is 11.9. The third-order valence-electron chi connectivity index (χ3n) is 2.98. The van der Waals surface area contributed by atoms with E-state index in [2.05, 4.69) is 17.2 Å². The topological polar surface area (TPSA) is 45.2 Å². The van der Waals surface area contributed by atoms with Crippen molar-refractivity contribution in [2.24, 2.45) is 0 Å². The summed E-state index contributed by atoms with van der Waals surface area (Å²) in [5.41, 5.74) is 1.47. The van der Waals surface area contributed by atoms with Crippen molar-refractivity contribution in [1.82, 2.24) is 9.88 Å². The number of nitrogens with one attached hydrogen (secondary N) is 1. The molecule has 2 rings (SSSR count). The fourth-order valence-electron chi connectivity index (χ4n) is 1.93. The second kappa shape index (κ2) is 5.17. The second-order valence-electron chi connectivity index (χ2n) is 4.41. The number of aromatic nitrogens is 1. The molecular weight excluding hydrogens is 214 g/mol. The molecule has 17 heavy (non-hydrogen) atoms. The highest BCUT2D eigenvalue weighted by Crippen LogP contribution is 2.28. The number of anilines is 1. The minimum Gasteiger partial charge on any atom is -0.388 e. The van der Waals surface area contributed by atoms with E-state index in [1.807, 2.05) is 24.1 Å². The van der Waals surface area contributed by atoms with Gasteiger partial charge < -0.3 is 10.2 Å². The Morgan fingerprint density at radius 1 is 1.59 bits per heavy atom. The first-order valence-corrected chi connectivity index (χ1v) is 6.21. The van der Waals surface area contributed by atoms with E-state index < -0.39 is 0 Å². The average Bonchev–Trinajstić information content (AvgIpc) is 3.19.